The molecule has 0 aliphatic carbocycles. The lowest BCUT2D eigenvalue weighted by molar-refractivity contribution is -0.138. The summed E-state index contributed by atoms with van der Waals surface area (Å²) in [5.74, 6) is -0.784. The van der Waals surface area contributed by atoms with Crippen LogP contribution in [-0.4, -0.2) is 23.2 Å². The van der Waals surface area contributed by atoms with Gasteiger partial charge in [0.15, 0.2) is 0 Å². The van der Waals surface area contributed by atoms with Gasteiger partial charge in [0.1, 0.15) is 11.7 Å². The van der Waals surface area contributed by atoms with Crippen LogP contribution in [0.4, 0.5) is 0 Å². The van der Waals surface area contributed by atoms with Gasteiger partial charge in [0, 0.05) is 4.47 Å². The van der Waals surface area contributed by atoms with E-state index in [4.69, 9.17) is 4.74 Å². The maximum atomic E-state index is 11.5. The van der Waals surface area contributed by atoms with Crippen LogP contribution in [0.5, 0.6) is 5.75 Å². The number of nitrogens with zero attached hydrogens (tertiary/aromatic N) is 1. The van der Waals surface area contributed by atoms with Crippen LogP contribution in [0.15, 0.2) is 40.9 Å². The molecule has 4 nitrogen and oxygen atoms in total. The largest absolute Gasteiger partial charge is 0.497 e. The van der Waals surface area contributed by atoms with Gasteiger partial charge in [-0.1, -0.05) is 12.1 Å². The molecular weight excluding hydrogens is 334 g/mol. The van der Waals surface area contributed by atoms with Gasteiger partial charge in [0.2, 0.25) is 0 Å². The quantitative estimate of drug-likeness (QED) is 0.896. The molecule has 0 fully saturated rings. The number of hydrogen-bond donors (Lipinski definition) is 1. The van der Waals surface area contributed by atoms with Crippen LogP contribution >= 0.6 is 15.9 Å². The third-order valence-corrected chi connectivity index (χ3v) is 4.14. The SMILES string of the molecule is COc1ccc(CC(C(=O)O)c2ccc(Br)c(C)n2)cc1. The molecule has 5 heteroatoms. The third-order valence-electron chi connectivity index (χ3n) is 3.30. The highest BCUT2D eigenvalue weighted by atomic mass is 79.9. The first-order valence-corrected chi connectivity index (χ1v) is 7.29. The molecule has 0 saturated carbocycles. The average molecular weight is 350 g/mol. The average Bonchev–Trinajstić information content (AvgIpc) is 2.48. The fourth-order valence-corrected chi connectivity index (χ4v) is 2.29. The monoisotopic (exact) mass is 349 g/mol. The second-order valence-electron chi connectivity index (χ2n) is 4.75. The Morgan fingerprint density at radius 3 is 2.48 bits per heavy atom. The summed E-state index contributed by atoms with van der Waals surface area (Å²) < 4.78 is 5.98. The van der Waals surface area contributed by atoms with Crippen LogP contribution in [0.25, 0.3) is 0 Å². The van der Waals surface area contributed by atoms with Gasteiger partial charge in [0.25, 0.3) is 0 Å². The number of aromatic nitrogens is 1. The molecule has 1 aromatic heterocycles. The Bertz CT molecular complexity index is 640. The number of aliphatic carboxylic acids is 1. The van der Waals surface area contributed by atoms with Gasteiger partial charge in [-0.15, -0.1) is 0 Å². The predicted octanol–water partition coefficient (Wildman–Crippen LogP) is 3.57. The van der Waals surface area contributed by atoms with Crippen molar-refractivity contribution in [2.24, 2.45) is 0 Å². The number of halogens is 1. The van der Waals surface area contributed by atoms with Crippen LogP contribution in [0.1, 0.15) is 22.9 Å². The first kappa shape index (κ1) is 15.5. The molecule has 1 atom stereocenters. The Labute approximate surface area is 131 Å². The summed E-state index contributed by atoms with van der Waals surface area (Å²) in [7, 11) is 1.60. The number of rotatable bonds is 5. The minimum Gasteiger partial charge on any atom is -0.497 e. The van der Waals surface area contributed by atoms with Crippen molar-refractivity contribution in [2.75, 3.05) is 7.11 Å². The van der Waals surface area contributed by atoms with Crippen molar-refractivity contribution in [1.82, 2.24) is 4.98 Å². The van der Waals surface area contributed by atoms with Crippen LogP contribution < -0.4 is 4.74 Å². The molecule has 1 aromatic carbocycles. The molecule has 0 aliphatic rings. The smallest absolute Gasteiger partial charge is 0.312 e. The molecule has 0 amide bonds. The molecule has 110 valence electrons. The summed E-state index contributed by atoms with van der Waals surface area (Å²) in [6.07, 6.45) is 0.396. The minimum atomic E-state index is -0.875. The Morgan fingerprint density at radius 2 is 1.95 bits per heavy atom. The van der Waals surface area contributed by atoms with E-state index in [0.29, 0.717) is 12.1 Å². The van der Waals surface area contributed by atoms with Gasteiger partial charge in [0.05, 0.1) is 18.5 Å². The first-order chi connectivity index (χ1) is 10.0. The van der Waals surface area contributed by atoms with E-state index in [1.165, 1.54) is 0 Å². The lowest BCUT2D eigenvalue weighted by atomic mass is 9.95. The van der Waals surface area contributed by atoms with Gasteiger partial charge in [-0.05, 0) is 59.1 Å². The number of methoxy groups -OCH3 is 1. The lowest BCUT2D eigenvalue weighted by Gasteiger charge is -2.13. The van der Waals surface area contributed by atoms with E-state index in [-0.39, 0.29) is 0 Å². The molecule has 1 unspecified atom stereocenters. The standard InChI is InChI=1S/C16H16BrNO3/c1-10-14(17)7-8-15(18-10)13(16(19)20)9-11-3-5-12(21-2)6-4-11/h3-8,13H,9H2,1-2H3,(H,19,20). The normalized spacial score (nSPS) is 12.0. The van der Waals surface area contributed by atoms with Crippen molar-refractivity contribution in [3.8, 4) is 5.75 Å². The predicted molar refractivity (Wildman–Crippen MR) is 83.7 cm³/mol. The van der Waals surface area contributed by atoms with Crippen LogP contribution in [-0.2, 0) is 11.2 Å². The Morgan fingerprint density at radius 1 is 1.29 bits per heavy atom. The fourth-order valence-electron chi connectivity index (χ4n) is 2.07. The summed E-state index contributed by atoms with van der Waals surface area (Å²) in [4.78, 5) is 15.9. The van der Waals surface area contributed by atoms with E-state index in [9.17, 15) is 9.90 Å². The van der Waals surface area contributed by atoms with Crippen LogP contribution in [0.2, 0.25) is 0 Å². The molecule has 2 aromatic rings. The Kier molecular flexibility index (Phi) is 4.96. The van der Waals surface area contributed by atoms with Gasteiger partial charge in [-0.25, -0.2) is 0 Å². The molecule has 0 saturated heterocycles. The zero-order valence-electron chi connectivity index (χ0n) is 11.8. The van der Waals surface area contributed by atoms with Crippen molar-refractivity contribution in [3.05, 3.63) is 57.8 Å². The summed E-state index contributed by atoms with van der Waals surface area (Å²) in [6, 6.07) is 11.0. The first-order valence-electron chi connectivity index (χ1n) is 6.50. The highest BCUT2D eigenvalue weighted by molar-refractivity contribution is 9.10. The minimum absolute atomic E-state index is 0.396. The Balaban J connectivity index is 2.26. The second kappa shape index (κ2) is 6.72. The van der Waals surface area contributed by atoms with E-state index in [0.717, 1.165) is 21.5 Å². The highest BCUT2D eigenvalue weighted by Crippen LogP contribution is 2.24. The molecule has 1 heterocycles. The number of benzene rings is 1. The van der Waals surface area contributed by atoms with Crippen molar-refractivity contribution < 1.29 is 14.6 Å². The van der Waals surface area contributed by atoms with Crippen molar-refractivity contribution >= 4 is 21.9 Å². The zero-order chi connectivity index (χ0) is 15.4. The van der Waals surface area contributed by atoms with Gasteiger partial charge in [-0.2, -0.15) is 0 Å². The number of carboxylic acids is 1. The van der Waals surface area contributed by atoms with Crippen molar-refractivity contribution in [2.45, 2.75) is 19.3 Å². The summed E-state index contributed by atoms with van der Waals surface area (Å²) in [6.45, 7) is 1.85. The molecule has 1 N–H and O–H groups in total. The molecule has 21 heavy (non-hydrogen) atoms. The number of hydrogen-bond acceptors (Lipinski definition) is 3. The number of ether oxygens (including phenoxy) is 1. The molecule has 0 spiro atoms. The topological polar surface area (TPSA) is 59.4 Å². The van der Waals surface area contributed by atoms with E-state index in [1.54, 1.807) is 13.2 Å². The number of pyridine rings is 1. The summed E-state index contributed by atoms with van der Waals surface area (Å²) >= 11 is 3.37. The van der Waals surface area contributed by atoms with E-state index in [2.05, 4.69) is 20.9 Å². The summed E-state index contributed by atoms with van der Waals surface area (Å²) in [5.41, 5.74) is 2.29. The molecule has 0 aliphatic heterocycles. The fraction of sp³-hybridized carbons (Fsp3) is 0.250. The molecular formula is C16H16BrNO3. The molecule has 0 bridgehead atoms. The van der Waals surface area contributed by atoms with Crippen molar-refractivity contribution in [1.29, 1.82) is 0 Å². The maximum Gasteiger partial charge on any atom is 0.312 e. The number of aryl methyl sites for hydroxylation is 1. The van der Waals surface area contributed by atoms with E-state index >= 15 is 0 Å². The third kappa shape index (κ3) is 3.82. The van der Waals surface area contributed by atoms with Gasteiger partial charge in [-0.3, -0.25) is 9.78 Å². The zero-order valence-corrected chi connectivity index (χ0v) is 13.4. The van der Waals surface area contributed by atoms with E-state index < -0.39 is 11.9 Å². The van der Waals surface area contributed by atoms with Crippen LogP contribution in [0.3, 0.4) is 0 Å². The number of carbonyl (C=O) groups is 1. The molecule has 2 rings (SSSR count). The van der Waals surface area contributed by atoms with Gasteiger partial charge >= 0.3 is 5.97 Å². The highest BCUT2D eigenvalue weighted by Gasteiger charge is 2.22. The Hall–Kier alpha value is -1.88. The number of carboxylic acid groups (broad SMARTS) is 1. The summed E-state index contributed by atoms with van der Waals surface area (Å²) in [5, 5.41) is 9.47. The van der Waals surface area contributed by atoms with Crippen LogP contribution in [0, 0.1) is 6.92 Å². The maximum absolute atomic E-state index is 11.5. The van der Waals surface area contributed by atoms with Gasteiger partial charge < -0.3 is 9.84 Å². The van der Waals surface area contributed by atoms with E-state index in [1.807, 2.05) is 37.3 Å². The van der Waals surface area contributed by atoms with Crippen molar-refractivity contribution in [3.63, 3.8) is 0 Å². The molecule has 0 radical (unpaired) electrons. The second-order valence-corrected chi connectivity index (χ2v) is 5.60. The lowest BCUT2D eigenvalue weighted by Crippen LogP contribution is -2.16.